The standard InChI is InChI=1S/C19H21FN2O4/c1-25-15-8-4-13(5-9-15)11-17(22)19(24)26-18(23)16(21)10-12-2-6-14(20)7-3-12/h2-9,16-17H,10-11,21-22H2,1H3/t16-,17-/m0/s1. The van der Waals surface area contributed by atoms with Gasteiger partial charge in [0.25, 0.3) is 0 Å². The monoisotopic (exact) mass is 360 g/mol. The van der Waals surface area contributed by atoms with E-state index in [0.29, 0.717) is 11.3 Å². The molecule has 2 rings (SSSR count). The molecule has 0 saturated heterocycles. The van der Waals surface area contributed by atoms with Crippen molar-refractivity contribution in [2.24, 2.45) is 11.5 Å². The summed E-state index contributed by atoms with van der Waals surface area (Å²) < 4.78 is 22.7. The quantitative estimate of drug-likeness (QED) is 0.570. The molecule has 7 heteroatoms. The van der Waals surface area contributed by atoms with Crippen LogP contribution in [0.5, 0.6) is 5.75 Å². The Hall–Kier alpha value is -2.77. The van der Waals surface area contributed by atoms with Crippen molar-refractivity contribution in [2.75, 3.05) is 7.11 Å². The highest BCUT2D eigenvalue weighted by Gasteiger charge is 2.23. The van der Waals surface area contributed by atoms with Crippen LogP contribution in [0.15, 0.2) is 48.5 Å². The summed E-state index contributed by atoms with van der Waals surface area (Å²) in [5.41, 5.74) is 13.0. The van der Waals surface area contributed by atoms with Crippen LogP contribution in [0, 0.1) is 5.82 Å². The van der Waals surface area contributed by atoms with Crippen LogP contribution < -0.4 is 16.2 Å². The number of hydrogen-bond donors (Lipinski definition) is 2. The molecule has 26 heavy (non-hydrogen) atoms. The second-order valence-electron chi connectivity index (χ2n) is 5.84. The summed E-state index contributed by atoms with van der Waals surface area (Å²) in [4.78, 5) is 23.9. The minimum atomic E-state index is -1.04. The minimum Gasteiger partial charge on any atom is -0.497 e. The lowest BCUT2D eigenvalue weighted by Gasteiger charge is -2.14. The number of rotatable bonds is 7. The number of hydrogen-bond acceptors (Lipinski definition) is 6. The maximum atomic E-state index is 12.9. The van der Waals surface area contributed by atoms with Gasteiger partial charge in [-0.1, -0.05) is 24.3 Å². The zero-order valence-electron chi connectivity index (χ0n) is 14.4. The second kappa shape index (κ2) is 9.07. The van der Waals surface area contributed by atoms with Gasteiger partial charge in [0.15, 0.2) is 0 Å². The molecule has 0 amide bonds. The van der Waals surface area contributed by atoms with Gasteiger partial charge in [0.05, 0.1) is 7.11 Å². The summed E-state index contributed by atoms with van der Waals surface area (Å²) in [5.74, 6) is -1.42. The first-order valence-corrected chi connectivity index (χ1v) is 8.03. The topological polar surface area (TPSA) is 105 Å². The smallest absolute Gasteiger partial charge is 0.330 e. The van der Waals surface area contributed by atoms with E-state index < -0.39 is 24.0 Å². The number of nitrogens with two attached hydrogens (primary N) is 2. The Morgan fingerprint density at radius 3 is 1.73 bits per heavy atom. The molecule has 0 bridgehead atoms. The first kappa shape index (κ1) is 19.6. The van der Waals surface area contributed by atoms with Crippen molar-refractivity contribution < 1.29 is 23.5 Å². The molecular weight excluding hydrogens is 339 g/mol. The molecule has 0 spiro atoms. The Labute approximate surface area is 150 Å². The Morgan fingerprint density at radius 2 is 1.31 bits per heavy atom. The van der Waals surface area contributed by atoms with E-state index in [1.807, 2.05) is 0 Å². The molecule has 0 aliphatic rings. The maximum Gasteiger partial charge on any atom is 0.330 e. The summed E-state index contributed by atoms with van der Waals surface area (Å²) in [5, 5.41) is 0. The van der Waals surface area contributed by atoms with Gasteiger partial charge in [0, 0.05) is 0 Å². The number of methoxy groups -OCH3 is 1. The van der Waals surface area contributed by atoms with Gasteiger partial charge in [-0.2, -0.15) is 0 Å². The van der Waals surface area contributed by atoms with Crippen LogP contribution in [0.2, 0.25) is 0 Å². The molecular formula is C19H21FN2O4. The van der Waals surface area contributed by atoms with E-state index in [4.69, 9.17) is 20.9 Å². The van der Waals surface area contributed by atoms with Crippen molar-refractivity contribution >= 4 is 11.9 Å². The molecule has 0 aliphatic carbocycles. The third-order valence-electron chi connectivity index (χ3n) is 3.79. The molecule has 138 valence electrons. The molecule has 6 nitrogen and oxygen atoms in total. The lowest BCUT2D eigenvalue weighted by molar-refractivity contribution is -0.161. The predicted molar refractivity (Wildman–Crippen MR) is 93.9 cm³/mol. The number of carbonyl (C=O) groups is 2. The Morgan fingerprint density at radius 1 is 0.885 bits per heavy atom. The molecule has 0 unspecified atom stereocenters. The van der Waals surface area contributed by atoms with E-state index in [1.54, 1.807) is 31.4 Å². The Kier molecular flexibility index (Phi) is 6.82. The van der Waals surface area contributed by atoms with E-state index in [0.717, 1.165) is 5.56 Å². The first-order chi connectivity index (χ1) is 12.4. The second-order valence-corrected chi connectivity index (χ2v) is 5.84. The van der Waals surface area contributed by atoms with Gasteiger partial charge in [-0.3, -0.25) is 0 Å². The highest BCUT2D eigenvalue weighted by molar-refractivity contribution is 5.90. The number of benzene rings is 2. The summed E-state index contributed by atoms with van der Waals surface area (Å²) in [7, 11) is 1.55. The van der Waals surface area contributed by atoms with Crippen LogP contribution in [-0.2, 0) is 27.2 Å². The first-order valence-electron chi connectivity index (χ1n) is 8.03. The van der Waals surface area contributed by atoms with Crippen LogP contribution in [0.1, 0.15) is 11.1 Å². The average molecular weight is 360 g/mol. The SMILES string of the molecule is COc1ccc(C[C@H](N)C(=O)OC(=O)[C@@H](N)Cc2ccc(F)cc2)cc1. The Balaban J connectivity index is 1.86. The molecule has 4 N–H and O–H groups in total. The van der Waals surface area contributed by atoms with Crippen molar-refractivity contribution in [1.29, 1.82) is 0 Å². The number of halogens is 1. The van der Waals surface area contributed by atoms with E-state index in [1.165, 1.54) is 24.3 Å². The van der Waals surface area contributed by atoms with Crippen LogP contribution >= 0.6 is 0 Å². The number of carbonyl (C=O) groups excluding carboxylic acids is 2. The highest BCUT2D eigenvalue weighted by Crippen LogP contribution is 2.13. The lowest BCUT2D eigenvalue weighted by atomic mass is 10.1. The third kappa shape index (κ3) is 5.65. The van der Waals surface area contributed by atoms with Gasteiger partial charge in [0.2, 0.25) is 0 Å². The van der Waals surface area contributed by atoms with Crippen LogP contribution in [0.25, 0.3) is 0 Å². The maximum absolute atomic E-state index is 12.9. The molecule has 0 saturated carbocycles. The highest BCUT2D eigenvalue weighted by atomic mass is 19.1. The fraction of sp³-hybridized carbons (Fsp3) is 0.263. The van der Waals surface area contributed by atoms with Crippen LogP contribution in [-0.4, -0.2) is 31.1 Å². The fourth-order valence-corrected chi connectivity index (χ4v) is 2.31. The predicted octanol–water partition coefficient (Wildman–Crippen LogP) is 1.34. The number of ether oxygens (including phenoxy) is 2. The fourth-order valence-electron chi connectivity index (χ4n) is 2.31. The van der Waals surface area contributed by atoms with Crippen molar-refractivity contribution in [1.82, 2.24) is 0 Å². The molecule has 0 fully saturated rings. The normalized spacial score (nSPS) is 12.9. The molecule has 0 radical (unpaired) electrons. The average Bonchev–Trinajstić information content (AvgIpc) is 2.64. The molecule has 0 aromatic heterocycles. The van der Waals surface area contributed by atoms with Gasteiger partial charge >= 0.3 is 11.9 Å². The zero-order valence-corrected chi connectivity index (χ0v) is 14.4. The molecule has 2 aromatic carbocycles. The third-order valence-corrected chi connectivity index (χ3v) is 3.79. The molecule has 0 aliphatic heterocycles. The van der Waals surface area contributed by atoms with Gasteiger partial charge < -0.3 is 20.9 Å². The summed E-state index contributed by atoms with van der Waals surface area (Å²) in [6, 6.07) is 10.6. The van der Waals surface area contributed by atoms with Crippen LogP contribution in [0.4, 0.5) is 4.39 Å². The van der Waals surface area contributed by atoms with Gasteiger partial charge in [-0.15, -0.1) is 0 Å². The van der Waals surface area contributed by atoms with Crippen molar-refractivity contribution in [2.45, 2.75) is 24.9 Å². The van der Waals surface area contributed by atoms with E-state index in [9.17, 15) is 14.0 Å². The van der Waals surface area contributed by atoms with Gasteiger partial charge in [-0.05, 0) is 48.2 Å². The van der Waals surface area contributed by atoms with E-state index in [2.05, 4.69) is 0 Å². The largest absolute Gasteiger partial charge is 0.497 e. The minimum absolute atomic E-state index is 0.125. The van der Waals surface area contributed by atoms with Crippen molar-refractivity contribution in [3.63, 3.8) is 0 Å². The molecule has 2 atom stereocenters. The number of esters is 2. The van der Waals surface area contributed by atoms with Gasteiger partial charge in [0.1, 0.15) is 23.7 Å². The summed E-state index contributed by atoms with van der Waals surface area (Å²) in [6.07, 6.45) is 0.337. The van der Waals surface area contributed by atoms with Crippen molar-refractivity contribution in [3.05, 3.63) is 65.5 Å². The Bertz CT molecular complexity index is 747. The summed E-state index contributed by atoms with van der Waals surface area (Å²) in [6.45, 7) is 0. The van der Waals surface area contributed by atoms with E-state index in [-0.39, 0.29) is 18.7 Å². The van der Waals surface area contributed by atoms with Crippen molar-refractivity contribution in [3.8, 4) is 5.75 Å². The molecule has 0 heterocycles. The zero-order chi connectivity index (χ0) is 19.1. The summed E-state index contributed by atoms with van der Waals surface area (Å²) >= 11 is 0. The van der Waals surface area contributed by atoms with Gasteiger partial charge in [-0.25, -0.2) is 14.0 Å². The van der Waals surface area contributed by atoms with E-state index >= 15 is 0 Å². The van der Waals surface area contributed by atoms with Crippen LogP contribution in [0.3, 0.4) is 0 Å². The lowest BCUT2D eigenvalue weighted by Crippen LogP contribution is -2.41. The molecule has 2 aromatic rings.